The molecule has 5 heteroatoms. The standard InChI is InChI=1S/C22H21FN2O2/c1-2-13-27-20-10-3-16(4-11-20)14-25-22(26)18-7-12-21(24-15-18)17-5-8-19(23)9-6-17/h3-12,15H,2,13-14H2,1H3,(H,25,26). The van der Waals surface area contributed by atoms with Crippen molar-refractivity contribution in [2.24, 2.45) is 0 Å². The number of halogens is 1. The van der Waals surface area contributed by atoms with Crippen LogP contribution < -0.4 is 10.1 Å². The number of aromatic nitrogens is 1. The highest BCUT2D eigenvalue weighted by atomic mass is 19.1. The zero-order valence-corrected chi connectivity index (χ0v) is 15.1. The minimum atomic E-state index is -0.292. The van der Waals surface area contributed by atoms with Gasteiger partial charge in [0.1, 0.15) is 11.6 Å². The highest BCUT2D eigenvalue weighted by Crippen LogP contribution is 2.17. The zero-order valence-electron chi connectivity index (χ0n) is 15.1. The first kappa shape index (κ1) is 18.6. The molecule has 0 bridgehead atoms. The van der Waals surface area contributed by atoms with Crippen molar-refractivity contribution < 1.29 is 13.9 Å². The second-order valence-electron chi connectivity index (χ2n) is 6.11. The molecule has 1 heterocycles. The summed E-state index contributed by atoms with van der Waals surface area (Å²) in [6.45, 7) is 3.18. The molecule has 0 saturated carbocycles. The van der Waals surface area contributed by atoms with Gasteiger partial charge in [0.2, 0.25) is 0 Å². The largest absolute Gasteiger partial charge is 0.494 e. The van der Waals surface area contributed by atoms with Crippen LogP contribution in [-0.4, -0.2) is 17.5 Å². The molecule has 0 aliphatic carbocycles. The third-order valence-electron chi connectivity index (χ3n) is 4.01. The van der Waals surface area contributed by atoms with Gasteiger partial charge < -0.3 is 10.1 Å². The van der Waals surface area contributed by atoms with E-state index in [0.717, 1.165) is 23.3 Å². The maximum absolute atomic E-state index is 13.0. The molecule has 27 heavy (non-hydrogen) atoms. The summed E-state index contributed by atoms with van der Waals surface area (Å²) in [5.74, 6) is 0.340. The topological polar surface area (TPSA) is 51.2 Å². The first-order chi connectivity index (χ1) is 13.2. The second-order valence-corrected chi connectivity index (χ2v) is 6.11. The summed E-state index contributed by atoms with van der Waals surface area (Å²) < 4.78 is 18.5. The molecule has 0 fully saturated rings. The highest BCUT2D eigenvalue weighted by molar-refractivity contribution is 5.94. The maximum atomic E-state index is 13.0. The quantitative estimate of drug-likeness (QED) is 0.666. The number of amides is 1. The lowest BCUT2D eigenvalue weighted by atomic mass is 10.1. The van der Waals surface area contributed by atoms with Crippen LogP contribution in [0.2, 0.25) is 0 Å². The lowest BCUT2D eigenvalue weighted by Gasteiger charge is -2.08. The van der Waals surface area contributed by atoms with E-state index in [2.05, 4.69) is 17.2 Å². The Labute approximate surface area is 158 Å². The van der Waals surface area contributed by atoms with Gasteiger partial charge in [-0.05, 0) is 60.5 Å². The number of carbonyl (C=O) groups excluding carboxylic acids is 1. The molecule has 0 unspecified atom stereocenters. The zero-order chi connectivity index (χ0) is 19.1. The first-order valence-electron chi connectivity index (χ1n) is 8.87. The van der Waals surface area contributed by atoms with Crippen molar-refractivity contribution in [2.75, 3.05) is 6.61 Å². The molecule has 3 rings (SSSR count). The van der Waals surface area contributed by atoms with Crippen LogP contribution in [0.15, 0.2) is 66.9 Å². The number of pyridine rings is 1. The number of nitrogens with zero attached hydrogens (tertiary/aromatic N) is 1. The van der Waals surface area contributed by atoms with Gasteiger partial charge in [-0.3, -0.25) is 9.78 Å². The third kappa shape index (κ3) is 5.14. The van der Waals surface area contributed by atoms with Gasteiger partial charge in [-0.2, -0.15) is 0 Å². The fraction of sp³-hybridized carbons (Fsp3) is 0.182. The predicted molar refractivity (Wildman–Crippen MR) is 103 cm³/mol. The van der Waals surface area contributed by atoms with Gasteiger partial charge in [-0.25, -0.2) is 4.39 Å². The molecular formula is C22H21FN2O2. The Bertz CT molecular complexity index is 876. The summed E-state index contributed by atoms with van der Waals surface area (Å²) in [6, 6.07) is 17.2. The van der Waals surface area contributed by atoms with Gasteiger partial charge in [0, 0.05) is 18.3 Å². The van der Waals surface area contributed by atoms with Crippen molar-refractivity contribution in [2.45, 2.75) is 19.9 Å². The summed E-state index contributed by atoms with van der Waals surface area (Å²) in [5, 5.41) is 2.88. The lowest BCUT2D eigenvalue weighted by molar-refractivity contribution is 0.0950. The third-order valence-corrected chi connectivity index (χ3v) is 4.01. The molecule has 0 saturated heterocycles. The predicted octanol–water partition coefficient (Wildman–Crippen LogP) is 4.61. The number of nitrogens with one attached hydrogen (secondary N) is 1. The van der Waals surface area contributed by atoms with Crippen LogP contribution in [0.1, 0.15) is 29.3 Å². The molecule has 2 aromatic carbocycles. The molecule has 1 N–H and O–H groups in total. The number of hydrogen-bond donors (Lipinski definition) is 1. The van der Waals surface area contributed by atoms with E-state index in [9.17, 15) is 9.18 Å². The van der Waals surface area contributed by atoms with Crippen LogP contribution in [0.4, 0.5) is 4.39 Å². The molecule has 1 amide bonds. The van der Waals surface area contributed by atoms with Crippen LogP contribution >= 0.6 is 0 Å². The van der Waals surface area contributed by atoms with E-state index < -0.39 is 0 Å². The molecule has 138 valence electrons. The van der Waals surface area contributed by atoms with Crippen molar-refractivity contribution >= 4 is 5.91 Å². The normalized spacial score (nSPS) is 10.4. The Morgan fingerprint density at radius 3 is 2.41 bits per heavy atom. The molecule has 0 atom stereocenters. The SMILES string of the molecule is CCCOc1ccc(CNC(=O)c2ccc(-c3ccc(F)cc3)nc2)cc1. The van der Waals surface area contributed by atoms with Crippen LogP contribution in [0.5, 0.6) is 5.75 Å². The van der Waals surface area contributed by atoms with E-state index in [1.807, 2.05) is 24.3 Å². The first-order valence-corrected chi connectivity index (χ1v) is 8.87. The van der Waals surface area contributed by atoms with E-state index in [4.69, 9.17) is 4.74 Å². The Kier molecular flexibility index (Phi) is 6.15. The summed E-state index contributed by atoms with van der Waals surface area (Å²) in [7, 11) is 0. The van der Waals surface area contributed by atoms with Crippen molar-refractivity contribution in [3.63, 3.8) is 0 Å². The van der Waals surface area contributed by atoms with Gasteiger partial charge >= 0.3 is 0 Å². The number of ether oxygens (including phenoxy) is 1. The van der Waals surface area contributed by atoms with Crippen molar-refractivity contribution in [3.8, 4) is 17.0 Å². The maximum Gasteiger partial charge on any atom is 0.253 e. The van der Waals surface area contributed by atoms with E-state index in [0.29, 0.717) is 24.4 Å². The van der Waals surface area contributed by atoms with E-state index >= 15 is 0 Å². The van der Waals surface area contributed by atoms with Gasteiger partial charge in [0.15, 0.2) is 0 Å². The molecule has 0 radical (unpaired) electrons. The lowest BCUT2D eigenvalue weighted by Crippen LogP contribution is -2.22. The Morgan fingerprint density at radius 2 is 1.78 bits per heavy atom. The minimum absolute atomic E-state index is 0.195. The summed E-state index contributed by atoms with van der Waals surface area (Å²) in [4.78, 5) is 16.6. The summed E-state index contributed by atoms with van der Waals surface area (Å²) in [6.07, 6.45) is 2.49. The Morgan fingerprint density at radius 1 is 1.04 bits per heavy atom. The molecule has 4 nitrogen and oxygen atoms in total. The van der Waals surface area contributed by atoms with Gasteiger partial charge in [-0.15, -0.1) is 0 Å². The van der Waals surface area contributed by atoms with Crippen molar-refractivity contribution in [3.05, 3.63) is 83.8 Å². The average molecular weight is 364 g/mol. The van der Waals surface area contributed by atoms with Crippen LogP contribution in [0.25, 0.3) is 11.3 Å². The fourth-order valence-corrected chi connectivity index (χ4v) is 2.53. The molecule has 0 aliphatic heterocycles. The second kappa shape index (κ2) is 8.94. The van der Waals surface area contributed by atoms with Crippen molar-refractivity contribution in [1.29, 1.82) is 0 Å². The monoisotopic (exact) mass is 364 g/mol. The summed E-state index contributed by atoms with van der Waals surface area (Å²) >= 11 is 0. The number of benzene rings is 2. The Balaban J connectivity index is 1.57. The molecule has 3 aromatic rings. The van der Waals surface area contributed by atoms with Gasteiger partial charge in [0.25, 0.3) is 5.91 Å². The summed E-state index contributed by atoms with van der Waals surface area (Å²) in [5.41, 5.74) is 2.95. The van der Waals surface area contributed by atoms with Gasteiger partial charge in [0.05, 0.1) is 17.9 Å². The molecule has 0 spiro atoms. The van der Waals surface area contributed by atoms with Crippen LogP contribution in [0.3, 0.4) is 0 Å². The van der Waals surface area contributed by atoms with Crippen LogP contribution in [0, 0.1) is 5.82 Å². The Hall–Kier alpha value is -3.21. The number of carbonyl (C=O) groups is 1. The molecule has 1 aromatic heterocycles. The van der Waals surface area contributed by atoms with E-state index in [1.165, 1.54) is 18.3 Å². The van der Waals surface area contributed by atoms with E-state index in [-0.39, 0.29) is 11.7 Å². The number of rotatable bonds is 7. The molecule has 0 aliphatic rings. The minimum Gasteiger partial charge on any atom is -0.494 e. The van der Waals surface area contributed by atoms with Crippen molar-refractivity contribution in [1.82, 2.24) is 10.3 Å². The highest BCUT2D eigenvalue weighted by Gasteiger charge is 2.07. The van der Waals surface area contributed by atoms with E-state index in [1.54, 1.807) is 24.3 Å². The fourth-order valence-electron chi connectivity index (χ4n) is 2.53. The van der Waals surface area contributed by atoms with Crippen LogP contribution in [-0.2, 0) is 6.54 Å². The number of hydrogen-bond acceptors (Lipinski definition) is 3. The average Bonchev–Trinajstić information content (AvgIpc) is 2.72. The smallest absolute Gasteiger partial charge is 0.253 e. The van der Waals surface area contributed by atoms with Gasteiger partial charge in [-0.1, -0.05) is 19.1 Å². The molecular weight excluding hydrogens is 343 g/mol.